The normalized spacial score (nSPS) is 11.5. The van der Waals surface area contributed by atoms with Crippen molar-refractivity contribution in [2.75, 3.05) is 0 Å². The van der Waals surface area contributed by atoms with Gasteiger partial charge in [0, 0.05) is 11.8 Å². The number of nitrogens with zero attached hydrogens (tertiary/aromatic N) is 6. The minimum atomic E-state index is -0.609. The zero-order chi connectivity index (χ0) is 17.0. The highest BCUT2D eigenvalue weighted by Crippen LogP contribution is 2.22. The molecular formula is C16H9N7O2. The molecule has 4 aromatic heterocycles. The molecule has 25 heavy (non-hydrogen) atoms. The molecule has 0 bridgehead atoms. The molecule has 0 amide bonds. The summed E-state index contributed by atoms with van der Waals surface area (Å²) in [6.07, 6.45) is 2.79. The number of nitrogens with one attached hydrogen (secondary N) is 1. The third kappa shape index (κ3) is 1.89. The van der Waals surface area contributed by atoms with Gasteiger partial charge in [-0.15, -0.1) is 0 Å². The van der Waals surface area contributed by atoms with Crippen LogP contribution in [0.2, 0.25) is 0 Å². The second-order valence-corrected chi connectivity index (χ2v) is 5.44. The van der Waals surface area contributed by atoms with E-state index >= 15 is 0 Å². The number of pyridine rings is 1. The number of fused-ring (bicyclic) bond motifs is 4. The molecule has 9 heteroatoms. The highest BCUT2D eigenvalue weighted by atomic mass is 16.2. The summed E-state index contributed by atoms with van der Waals surface area (Å²) in [7, 11) is 0. The number of benzene rings is 1. The number of aromatic amines is 1. The van der Waals surface area contributed by atoms with E-state index in [0.29, 0.717) is 27.9 Å². The zero-order valence-corrected chi connectivity index (χ0v) is 12.6. The maximum atomic E-state index is 12.9. The highest BCUT2D eigenvalue weighted by molar-refractivity contribution is 5.87. The predicted octanol–water partition coefficient (Wildman–Crippen LogP) is 0.641. The van der Waals surface area contributed by atoms with Crippen LogP contribution >= 0.6 is 0 Å². The second-order valence-electron chi connectivity index (χ2n) is 5.44. The predicted molar refractivity (Wildman–Crippen MR) is 89.4 cm³/mol. The molecule has 0 atom stereocenters. The molecule has 0 radical (unpaired) electrons. The molecule has 120 valence electrons. The molecular weight excluding hydrogens is 322 g/mol. The Bertz CT molecular complexity index is 1380. The van der Waals surface area contributed by atoms with Gasteiger partial charge >= 0.3 is 5.69 Å². The number of aromatic nitrogens is 7. The van der Waals surface area contributed by atoms with Crippen LogP contribution in [0.15, 0.2) is 58.5 Å². The number of H-pyrrole nitrogens is 1. The van der Waals surface area contributed by atoms with Crippen LogP contribution in [0.1, 0.15) is 0 Å². The van der Waals surface area contributed by atoms with Gasteiger partial charge in [-0.25, -0.2) is 19.4 Å². The van der Waals surface area contributed by atoms with Crippen molar-refractivity contribution in [3.8, 4) is 11.3 Å². The topological polar surface area (TPSA) is 110 Å². The summed E-state index contributed by atoms with van der Waals surface area (Å²) in [5.41, 5.74) is 1.13. The molecule has 0 spiro atoms. The van der Waals surface area contributed by atoms with E-state index in [1.54, 1.807) is 6.07 Å². The van der Waals surface area contributed by atoms with Gasteiger partial charge in [-0.3, -0.25) is 4.79 Å². The summed E-state index contributed by atoms with van der Waals surface area (Å²) in [6.45, 7) is 0. The van der Waals surface area contributed by atoms with Gasteiger partial charge < -0.3 is 0 Å². The van der Waals surface area contributed by atoms with Gasteiger partial charge in [-0.1, -0.05) is 30.3 Å². The molecule has 0 aliphatic rings. The summed E-state index contributed by atoms with van der Waals surface area (Å²) < 4.78 is 2.67. The lowest BCUT2D eigenvalue weighted by Crippen LogP contribution is -2.26. The molecule has 5 aromatic rings. The smallest absolute Gasteiger partial charge is 0.267 e. The molecule has 9 nitrogen and oxygen atoms in total. The van der Waals surface area contributed by atoms with E-state index in [1.807, 2.05) is 30.3 Å². The van der Waals surface area contributed by atoms with Gasteiger partial charge in [-0.2, -0.15) is 19.6 Å². The lowest BCUT2D eigenvalue weighted by molar-refractivity contribution is 0.830. The third-order valence-corrected chi connectivity index (χ3v) is 4.00. The Balaban J connectivity index is 2.04. The Morgan fingerprint density at radius 1 is 1.00 bits per heavy atom. The molecule has 1 aromatic carbocycles. The van der Waals surface area contributed by atoms with Crippen LogP contribution in [-0.2, 0) is 0 Å². The maximum absolute atomic E-state index is 12.9. The van der Waals surface area contributed by atoms with Crippen molar-refractivity contribution in [2.24, 2.45) is 0 Å². The minimum Gasteiger partial charge on any atom is -0.267 e. The van der Waals surface area contributed by atoms with Crippen LogP contribution in [-0.4, -0.2) is 34.2 Å². The molecule has 0 aliphatic carbocycles. The largest absolute Gasteiger partial charge is 0.360 e. The number of rotatable bonds is 1. The SMILES string of the molecule is O=c1nc(-c2ccccc2)c2cc3c(cnc4ncnn43)c(=O)n2[nH]1. The van der Waals surface area contributed by atoms with Gasteiger partial charge in [0.15, 0.2) is 0 Å². The fourth-order valence-corrected chi connectivity index (χ4v) is 2.90. The van der Waals surface area contributed by atoms with E-state index in [1.165, 1.54) is 21.6 Å². The minimum absolute atomic E-state index is 0.316. The summed E-state index contributed by atoms with van der Waals surface area (Å²) in [5.74, 6) is 0.384. The van der Waals surface area contributed by atoms with Crippen LogP contribution in [0.4, 0.5) is 0 Å². The van der Waals surface area contributed by atoms with Crippen LogP contribution in [0.5, 0.6) is 0 Å². The highest BCUT2D eigenvalue weighted by Gasteiger charge is 2.14. The first-order chi connectivity index (χ1) is 12.2. The van der Waals surface area contributed by atoms with Gasteiger partial charge in [0.25, 0.3) is 11.3 Å². The summed E-state index contributed by atoms with van der Waals surface area (Å²) in [4.78, 5) is 37.0. The van der Waals surface area contributed by atoms with Crippen molar-refractivity contribution in [1.29, 1.82) is 0 Å². The Kier molecular flexibility index (Phi) is 2.60. The average molecular weight is 331 g/mol. The van der Waals surface area contributed by atoms with Crippen molar-refractivity contribution in [3.63, 3.8) is 0 Å². The first-order valence-electron chi connectivity index (χ1n) is 7.42. The van der Waals surface area contributed by atoms with Gasteiger partial charge in [0.2, 0.25) is 0 Å². The molecule has 5 rings (SSSR count). The van der Waals surface area contributed by atoms with E-state index in [9.17, 15) is 9.59 Å². The Morgan fingerprint density at radius 3 is 2.68 bits per heavy atom. The van der Waals surface area contributed by atoms with Crippen molar-refractivity contribution in [2.45, 2.75) is 0 Å². The Morgan fingerprint density at radius 2 is 1.84 bits per heavy atom. The summed E-state index contributed by atoms with van der Waals surface area (Å²) in [6, 6.07) is 10.9. The molecule has 0 aliphatic heterocycles. The van der Waals surface area contributed by atoms with Crippen molar-refractivity contribution in [1.82, 2.24) is 34.2 Å². The van der Waals surface area contributed by atoms with E-state index in [4.69, 9.17) is 0 Å². The van der Waals surface area contributed by atoms with Crippen LogP contribution in [0.25, 0.3) is 33.5 Å². The molecule has 0 fully saturated rings. The van der Waals surface area contributed by atoms with Gasteiger partial charge in [0.05, 0.1) is 16.4 Å². The van der Waals surface area contributed by atoms with E-state index in [-0.39, 0.29) is 0 Å². The van der Waals surface area contributed by atoms with E-state index < -0.39 is 11.2 Å². The van der Waals surface area contributed by atoms with Crippen molar-refractivity contribution in [3.05, 3.63) is 69.8 Å². The standard InChI is InChI=1S/C16H9N7O2/c24-14-10-7-17-15-18-8-19-23(15)11(10)6-12-13(9-4-2-1-3-5-9)20-16(25)21-22(12)14/h1-8H,(H,21,25). The second kappa shape index (κ2) is 4.81. The maximum Gasteiger partial charge on any atom is 0.360 e. The Hall–Kier alpha value is -3.88. The van der Waals surface area contributed by atoms with Crippen LogP contribution in [0, 0.1) is 0 Å². The fourth-order valence-electron chi connectivity index (χ4n) is 2.90. The van der Waals surface area contributed by atoms with Crippen molar-refractivity contribution >= 4 is 22.2 Å². The fraction of sp³-hybridized carbons (Fsp3) is 0. The van der Waals surface area contributed by atoms with Crippen LogP contribution in [0.3, 0.4) is 0 Å². The number of hydrogen-bond acceptors (Lipinski definition) is 6. The molecule has 4 heterocycles. The lowest BCUT2D eigenvalue weighted by Gasteiger charge is -2.08. The van der Waals surface area contributed by atoms with Gasteiger partial charge in [0.1, 0.15) is 12.0 Å². The van der Waals surface area contributed by atoms with Gasteiger partial charge in [-0.05, 0) is 6.07 Å². The zero-order valence-electron chi connectivity index (χ0n) is 12.6. The Labute approximate surface area is 138 Å². The van der Waals surface area contributed by atoms with Crippen molar-refractivity contribution < 1.29 is 0 Å². The monoisotopic (exact) mass is 331 g/mol. The number of hydrogen-bond donors (Lipinski definition) is 1. The summed E-state index contributed by atoms with van der Waals surface area (Å²) >= 11 is 0. The first kappa shape index (κ1) is 13.5. The molecule has 0 unspecified atom stereocenters. The molecule has 0 saturated heterocycles. The van der Waals surface area contributed by atoms with E-state index in [2.05, 4.69) is 25.1 Å². The molecule has 1 N–H and O–H groups in total. The molecule has 0 saturated carbocycles. The third-order valence-electron chi connectivity index (χ3n) is 4.00. The lowest BCUT2D eigenvalue weighted by atomic mass is 10.1. The van der Waals surface area contributed by atoms with E-state index in [0.717, 1.165) is 5.56 Å². The van der Waals surface area contributed by atoms with Crippen LogP contribution < -0.4 is 11.2 Å². The quantitative estimate of drug-likeness (QED) is 0.451. The summed E-state index contributed by atoms with van der Waals surface area (Å²) in [5, 5.41) is 6.90. The first-order valence-corrected chi connectivity index (χ1v) is 7.42. The average Bonchev–Trinajstić information content (AvgIpc) is 3.12.